The minimum absolute atomic E-state index is 0.0468. The van der Waals surface area contributed by atoms with Crippen LogP contribution in [-0.2, 0) is 13.6 Å². The Morgan fingerprint density at radius 1 is 1.39 bits per heavy atom. The monoisotopic (exact) mass is 306 g/mol. The third-order valence-corrected chi connectivity index (χ3v) is 3.66. The Labute approximate surface area is 115 Å². The van der Waals surface area contributed by atoms with Gasteiger partial charge in [-0.1, -0.05) is 15.9 Å². The van der Waals surface area contributed by atoms with Crippen LogP contribution < -0.4 is 5.32 Å². The van der Waals surface area contributed by atoms with Crippen molar-refractivity contribution in [2.45, 2.75) is 13.5 Å². The van der Waals surface area contributed by atoms with E-state index in [4.69, 9.17) is 0 Å². The van der Waals surface area contributed by atoms with E-state index < -0.39 is 0 Å². The van der Waals surface area contributed by atoms with E-state index in [-0.39, 0.29) is 5.91 Å². The highest BCUT2D eigenvalue weighted by atomic mass is 79.9. The number of carbonyl (C=O) groups excluding carboxylic acids is 1. The fourth-order valence-electron chi connectivity index (χ4n) is 1.74. The normalized spacial score (nSPS) is 10.4. The molecular weight excluding hydrogens is 292 g/mol. The standard InChI is InChI=1S/C14H15BrN2O/c1-10-7-12(3-4-13(10)15)14(18)16-8-11-5-6-17(2)9-11/h3-7,9H,8H2,1-2H3,(H,16,18). The molecule has 0 aliphatic carbocycles. The summed E-state index contributed by atoms with van der Waals surface area (Å²) in [5.74, 6) is -0.0468. The number of carbonyl (C=O) groups is 1. The minimum atomic E-state index is -0.0468. The van der Waals surface area contributed by atoms with Crippen molar-refractivity contribution in [2.75, 3.05) is 0 Å². The summed E-state index contributed by atoms with van der Waals surface area (Å²) >= 11 is 3.42. The van der Waals surface area contributed by atoms with Crippen LogP contribution in [0.1, 0.15) is 21.5 Å². The van der Waals surface area contributed by atoms with E-state index in [2.05, 4.69) is 21.2 Å². The van der Waals surface area contributed by atoms with Gasteiger partial charge in [0.1, 0.15) is 0 Å². The highest BCUT2D eigenvalue weighted by Crippen LogP contribution is 2.17. The van der Waals surface area contributed by atoms with Crippen molar-refractivity contribution in [3.8, 4) is 0 Å². The zero-order valence-corrected chi connectivity index (χ0v) is 12.0. The molecule has 3 nitrogen and oxygen atoms in total. The molecule has 1 aromatic carbocycles. The van der Waals surface area contributed by atoms with Gasteiger partial charge >= 0.3 is 0 Å². The number of hydrogen-bond donors (Lipinski definition) is 1. The van der Waals surface area contributed by atoms with Crippen LogP contribution in [0.25, 0.3) is 0 Å². The zero-order chi connectivity index (χ0) is 13.1. The lowest BCUT2D eigenvalue weighted by atomic mass is 10.1. The molecule has 1 aromatic heterocycles. The van der Waals surface area contributed by atoms with Gasteiger partial charge < -0.3 is 9.88 Å². The van der Waals surface area contributed by atoms with Crippen molar-refractivity contribution in [3.63, 3.8) is 0 Å². The predicted molar refractivity (Wildman–Crippen MR) is 75.5 cm³/mol. The van der Waals surface area contributed by atoms with Crippen LogP contribution in [0.2, 0.25) is 0 Å². The minimum Gasteiger partial charge on any atom is -0.357 e. The Kier molecular flexibility index (Phi) is 3.87. The van der Waals surface area contributed by atoms with E-state index >= 15 is 0 Å². The van der Waals surface area contributed by atoms with Gasteiger partial charge in [-0.05, 0) is 42.3 Å². The van der Waals surface area contributed by atoms with E-state index in [0.717, 1.165) is 15.6 Å². The average molecular weight is 307 g/mol. The predicted octanol–water partition coefficient (Wildman–Crippen LogP) is 3.03. The van der Waals surface area contributed by atoms with Crippen molar-refractivity contribution < 1.29 is 4.79 Å². The molecule has 0 radical (unpaired) electrons. The van der Waals surface area contributed by atoms with Gasteiger partial charge in [0.15, 0.2) is 0 Å². The third kappa shape index (κ3) is 3.01. The molecule has 0 aliphatic rings. The van der Waals surface area contributed by atoms with Gasteiger partial charge in [-0.3, -0.25) is 4.79 Å². The first-order chi connectivity index (χ1) is 8.56. The molecule has 18 heavy (non-hydrogen) atoms. The van der Waals surface area contributed by atoms with Crippen LogP contribution in [-0.4, -0.2) is 10.5 Å². The highest BCUT2D eigenvalue weighted by Gasteiger charge is 2.06. The number of aromatic nitrogens is 1. The second kappa shape index (κ2) is 5.40. The van der Waals surface area contributed by atoms with Crippen LogP contribution in [0.15, 0.2) is 41.1 Å². The van der Waals surface area contributed by atoms with E-state index in [1.165, 1.54) is 0 Å². The fraction of sp³-hybridized carbons (Fsp3) is 0.214. The molecular formula is C14H15BrN2O. The first kappa shape index (κ1) is 12.9. The topological polar surface area (TPSA) is 34.0 Å². The SMILES string of the molecule is Cc1cc(C(=O)NCc2ccn(C)c2)ccc1Br. The first-order valence-corrected chi connectivity index (χ1v) is 6.51. The van der Waals surface area contributed by atoms with Gasteiger partial charge in [0, 0.05) is 36.0 Å². The fourth-order valence-corrected chi connectivity index (χ4v) is 1.98. The third-order valence-electron chi connectivity index (χ3n) is 2.77. The van der Waals surface area contributed by atoms with Crippen molar-refractivity contribution in [1.82, 2.24) is 9.88 Å². The van der Waals surface area contributed by atoms with Crippen LogP contribution in [0, 0.1) is 6.92 Å². The Bertz CT molecular complexity index is 575. The number of rotatable bonds is 3. The number of nitrogens with zero attached hydrogens (tertiary/aromatic N) is 1. The van der Waals surface area contributed by atoms with E-state index in [1.54, 1.807) is 0 Å². The summed E-state index contributed by atoms with van der Waals surface area (Å²) in [7, 11) is 1.96. The Morgan fingerprint density at radius 3 is 2.78 bits per heavy atom. The lowest BCUT2D eigenvalue weighted by Gasteiger charge is -2.05. The van der Waals surface area contributed by atoms with Crippen molar-refractivity contribution in [2.24, 2.45) is 7.05 Å². The molecule has 0 atom stereocenters. The lowest BCUT2D eigenvalue weighted by Crippen LogP contribution is -2.22. The van der Waals surface area contributed by atoms with Gasteiger partial charge in [0.05, 0.1) is 0 Å². The van der Waals surface area contributed by atoms with Crippen LogP contribution in [0.3, 0.4) is 0 Å². The number of amides is 1. The van der Waals surface area contributed by atoms with Gasteiger partial charge in [-0.2, -0.15) is 0 Å². The molecule has 1 heterocycles. The number of halogens is 1. The van der Waals surface area contributed by atoms with Crippen LogP contribution in [0.5, 0.6) is 0 Å². The van der Waals surface area contributed by atoms with E-state index in [9.17, 15) is 4.79 Å². The molecule has 94 valence electrons. The molecule has 0 saturated carbocycles. The van der Waals surface area contributed by atoms with Gasteiger partial charge in [-0.15, -0.1) is 0 Å². The number of nitrogens with one attached hydrogen (secondary N) is 1. The van der Waals surface area contributed by atoms with Gasteiger partial charge in [-0.25, -0.2) is 0 Å². The maximum absolute atomic E-state index is 12.0. The summed E-state index contributed by atoms with van der Waals surface area (Å²) in [5.41, 5.74) is 2.84. The number of aryl methyl sites for hydroxylation is 2. The van der Waals surface area contributed by atoms with Gasteiger partial charge in [0.2, 0.25) is 0 Å². The molecule has 2 rings (SSSR count). The lowest BCUT2D eigenvalue weighted by molar-refractivity contribution is 0.0951. The molecule has 0 spiro atoms. The van der Waals surface area contributed by atoms with Crippen molar-refractivity contribution >= 4 is 21.8 Å². The van der Waals surface area contributed by atoms with E-state index in [0.29, 0.717) is 12.1 Å². The number of hydrogen-bond acceptors (Lipinski definition) is 1. The molecule has 1 amide bonds. The molecule has 2 aromatic rings. The van der Waals surface area contributed by atoms with Crippen LogP contribution in [0.4, 0.5) is 0 Å². The summed E-state index contributed by atoms with van der Waals surface area (Å²) in [6.07, 6.45) is 3.96. The summed E-state index contributed by atoms with van der Waals surface area (Å²) in [4.78, 5) is 12.0. The quantitative estimate of drug-likeness (QED) is 0.929. The molecule has 0 fully saturated rings. The molecule has 0 bridgehead atoms. The summed E-state index contributed by atoms with van der Waals surface area (Å²) in [6, 6.07) is 7.59. The summed E-state index contributed by atoms with van der Waals surface area (Å²) in [5, 5.41) is 2.91. The molecule has 4 heteroatoms. The Morgan fingerprint density at radius 2 is 2.17 bits per heavy atom. The maximum Gasteiger partial charge on any atom is 0.251 e. The molecule has 0 aliphatic heterocycles. The highest BCUT2D eigenvalue weighted by molar-refractivity contribution is 9.10. The molecule has 1 N–H and O–H groups in total. The first-order valence-electron chi connectivity index (χ1n) is 5.71. The van der Waals surface area contributed by atoms with Crippen molar-refractivity contribution in [1.29, 1.82) is 0 Å². The molecule has 0 unspecified atom stereocenters. The second-order valence-corrected chi connectivity index (χ2v) is 5.19. The maximum atomic E-state index is 12.0. The number of benzene rings is 1. The smallest absolute Gasteiger partial charge is 0.251 e. The Hall–Kier alpha value is -1.55. The second-order valence-electron chi connectivity index (χ2n) is 4.33. The summed E-state index contributed by atoms with van der Waals surface area (Å²) in [6.45, 7) is 2.52. The summed E-state index contributed by atoms with van der Waals surface area (Å²) < 4.78 is 2.98. The molecule has 0 saturated heterocycles. The average Bonchev–Trinajstić information content (AvgIpc) is 2.75. The van der Waals surface area contributed by atoms with Crippen LogP contribution >= 0.6 is 15.9 Å². The largest absolute Gasteiger partial charge is 0.357 e. The Balaban J connectivity index is 2.01. The van der Waals surface area contributed by atoms with E-state index in [1.807, 2.05) is 55.2 Å². The van der Waals surface area contributed by atoms with Gasteiger partial charge in [0.25, 0.3) is 5.91 Å². The zero-order valence-electron chi connectivity index (χ0n) is 10.4. The van der Waals surface area contributed by atoms with Crippen molar-refractivity contribution in [3.05, 3.63) is 57.8 Å².